The number of nitrogens with zero attached hydrogens (tertiary/aromatic N) is 1. The van der Waals surface area contributed by atoms with E-state index < -0.39 is 0 Å². The summed E-state index contributed by atoms with van der Waals surface area (Å²) in [4.78, 5) is 14.1. The number of nitrogens with one attached hydrogen (secondary N) is 1. The van der Waals surface area contributed by atoms with E-state index in [4.69, 9.17) is 16.3 Å². The van der Waals surface area contributed by atoms with Gasteiger partial charge in [0.1, 0.15) is 0 Å². The molecule has 1 heterocycles. The van der Waals surface area contributed by atoms with Crippen LogP contribution in [0.2, 0.25) is 5.02 Å². The third-order valence-corrected chi connectivity index (χ3v) is 3.14. The van der Waals surface area contributed by atoms with E-state index in [1.165, 1.54) is 0 Å². The van der Waals surface area contributed by atoms with E-state index in [9.17, 15) is 4.79 Å². The zero-order valence-corrected chi connectivity index (χ0v) is 12.2. The normalized spacial score (nSPS) is 15.6. The summed E-state index contributed by atoms with van der Waals surface area (Å²) in [7, 11) is 0. The number of halogens is 2. The van der Waals surface area contributed by atoms with Gasteiger partial charge in [0.25, 0.3) is 5.91 Å². The van der Waals surface area contributed by atoms with Crippen LogP contribution in [-0.4, -0.2) is 50.2 Å². The highest BCUT2D eigenvalue weighted by atomic mass is 35.5. The summed E-state index contributed by atoms with van der Waals surface area (Å²) in [5, 5.41) is 3.47. The first-order valence-corrected chi connectivity index (χ1v) is 6.47. The van der Waals surface area contributed by atoms with E-state index in [1.54, 1.807) is 24.3 Å². The van der Waals surface area contributed by atoms with Crippen LogP contribution in [0.5, 0.6) is 0 Å². The monoisotopic (exact) mass is 304 g/mol. The van der Waals surface area contributed by atoms with Crippen molar-refractivity contribution < 1.29 is 9.53 Å². The minimum Gasteiger partial charge on any atom is -0.379 e. The molecule has 0 atom stereocenters. The number of rotatable bonds is 4. The highest BCUT2D eigenvalue weighted by Crippen LogP contribution is 2.10. The van der Waals surface area contributed by atoms with Gasteiger partial charge in [0.05, 0.1) is 13.2 Å². The highest BCUT2D eigenvalue weighted by molar-refractivity contribution is 6.30. The van der Waals surface area contributed by atoms with E-state index in [0.29, 0.717) is 17.1 Å². The van der Waals surface area contributed by atoms with Gasteiger partial charge in [-0.1, -0.05) is 17.7 Å². The maximum absolute atomic E-state index is 11.8. The van der Waals surface area contributed by atoms with Crippen LogP contribution in [-0.2, 0) is 4.74 Å². The molecule has 0 aliphatic carbocycles. The molecule has 0 unspecified atom stereocenters. The van der Waals surface area contributed by atoms with Gasteiger partial charge in [0, 0.05) is 36.8 Å². The van der Waals surface area contributed by atoms with Gasteiger partial charge in [-0.3, -0.25) is 9.69 Å². The van der Waals surface area contributed by atoms with E-state index >= 15 is 0 Å². The second-order valence-electron chi connectivity index (χ2n) is 4.22. The van der Waals surface area contributed by atoms with Crippen LogP contribution in [0, 0.1) is 0 Å². The van der Waals surface area contributed by atoms with Crippen molar-refractivity contribution in [2.75, 3.05) is 39.4 Å². The van der Waals surface area contributed by atoms with Crippen LogP contribution in [0.15, 0.2) is 24.3 Å². The molecule has 1 aromatic rings. The van der Waals surface area contributed by atoms with Crippen molar-refractivity contribution in [1.29, 1.82) is 0 Å². The molecule has 0 bridgehead atoms. The first-order chi connectivity index (χ1) is 8.75. The number of morpholine rings is 1. The minimum absolute atomic E-state index is 0. The van der Waals surface area contributed by atoms with Gasteiger partial charge in [-0.25, -0.2) is 0 Å². The molecule has 1 saturated heterocycles. The lowest BCUT2D eigenvalue weighted by molar-refractivity contribution is 0.0383. The van der Waals surface area contributed by atoms with E-state index in [-0.39, 0.29) is 18.3 Å². The molecule has 19 heavy (non-hydrogen) atoms. The molecule has 4 nitrogen and oxygen atoms in total. The fourth-order valence-corrected chi connectivity index (χ4v) is 2.07. The summed E-state index contributed by atoms with van der Waals surface area (Å²) in [6.45, 7) is 4.94. The number of hydrogen-bond acceptors (Lipinski definition) is 3. The summed E-state index contributed by atoms with van der Waals surface area (Å²) in [5.41, 5.74) is 0.601. The predicted molar refractivity (Wildman–Crippen MR) is 78.3 cm³/mol. The van der Waals surface area contributed by atoms with Crippen molar-refractivity contribution in [1.82, 2.24) is 10.2 Å². The predicted octanol–water partition coefficient (Wildman–Crippen LogP) is 1.82. The van der Waals surface area contributed by atoms with Crippen molar-refractivity contribution in [2.45, 2.75) is 0 Å². The number of benzene rings is 1. The topological polar surface area (TPSA) is 41.6 Å². The van der Waals surface area contributed by atoms with Gasteiger partial charge >= 0.3 is 0 Å². The molecular weight excluding hydrogens is 287 g/mol. The van der Waals surface area contributed by atoms with Gasteiger partial charge < -0.3 is 10.1 Å². The molecule has 1 aliphatic rings. The van der Waals surface area contributed by atoms with E-state index in [1.807, 2.05) is 0 Å². The fourth-order valence-electron chi connectivity index (χ4n) is 1.88. The number of hydrogen-bond donors (Lipinski definition) is 1. The van der Waals surface area contributed by atoms with E-state index in [2.05, 4.69) is 10.2 Å². The SMILES string of the molecule is Cl.O=C(NCCN1CCOCC1)c1cccc(Cl)c1. The Morgan fingerprint density at radius 1 is 1.37 bits per heavy atom. The van der Waals surface area contributed by atoms with Gasteiger partial charge in [0.15, 0.2) is 0 Å². The second-order valence-corrected chi connectivity index (χ2v) is 4.66. The lowest BCUT2D eigenvalue weighted by atomic mass is 10.2. The number of amides is 1. The van der Waals surface area contributed by atoms with Gasteiger partial charge in [-0.2, -0.15) is 0 Å². The van der Waals surface area contributed by atoms with Crippen molar-refractivity contribution in [3.63, 3.8) is 0 Å². The third-order valence-electron chi connectivity index (χ3n) is 2.90. The Balaban J connectivity index is 0.00000180. The van der Waals surface area contributed by atoms with Gasteiger partial charge in [-0.15, -0.1) is 12.4 Å². The summed E-state index contributed by atoms with van der Waals surface area (Å²) in [6.07, 6.45) is 0. The average Bonchev–Trinajstić information content (AvgIpc) is 2.40. The molecule has 2 rings (SSSR count). The number of carbonyl (C=O) groups excluding carboxylic acids is 1. The molecule has 0 radical (unpaired) electrons. The fraction of sp³-hybridized carbons (Fsp3) is 0.462. The Morgan fingerprint density at radius 3 is 2.79 bits per heavy atom. The van der Waals surface area contributed by atoms with Crippen molar-refractivity contribution >= 4 is 29.9 Å². The molecule has 106 valence electrons. The van der Waals surface area contributed by atoms with Crippen LogP contribution in [0.25, 0.3) is 0 Å². The molecule has 0 aromatic heterocycles. The van der Waals surface area contributed by atoms with Crippen molar-refractivity contribution in [2.24, 2.45) is 0 Å². The van der Waals surface area contributed by atoms with Crippen LogP contribution in [0.1, 0.15) is 10.4 Å². The molecule has 1 aliphatic heterocycles. The molecule has 0 saturated carbocycles. The van der Waals surface area contributed by atoms with Crippen molar-refractivity contribution in [3.8, 4) is 0 Å². The Morgan fingerprint density at radius 2 is 2.11 bits per heavy atom. The molecule has 1 N–H and O–H groups in total. The van der Waals surface area contributed by atoms with E-state index in [0.717, 1.165) is 32.8 Å². The van der Waals surface area contributed by atoms with Crippen LogP contribution in [0.3, 0.4) is 0 Å². The maximum Gasteiger partial charge on any atom is 0.251 e. The van der Waals surface area contributed by atoms with Gasteiger partial charge in [-0.05, 0) is 18.2 Å². The number of carbonyl (C=O) groups is 1. The third kappa shape index (κ3) is 5.37. The second kappa shape index (κ2) is 8.38. The van der Waals surface area contributed by atoms with Gasteiger partial charge in [0.2, 0.25) is 0 Å². The van der Waals surface area contributed by atoms with Crippen LogP contribution >= 0.6 is 24.0 Å². The highest BCUT2D eigenvalue weighted by Gasteiger charge is 2.10. The largest absolute Gasteiger partial charge is 0.379 e. The lowest BCUT2D eigenvalue weighted by Crippen LogP contribution is -2.41. The summed E-state index contributed by atoms with van der Waals surface area (Å²) >= 11 is 5.84. The van der Waals surface area contributed by atoms with Crippen molar-refractivity contribution in [3.05, 3.63) is 34.9 Å². The average molecular weight is 305 g/mol. The minimum atomic E-state index is -0.0780. The molecule has 1 aromatic carbocycles. The summed E-state index contributed by atoms with van der Waals surface area (Å²) in [5.74, 6) is -0.0780. The first-order valence-electron chi connectivity index (χ1n) is 6.09. The Hall–Kier alpha value is -0.810. The molecule has 1 fully saturated rings. The summed E-state index contributed by atoms with van der Waals surface area (Å²) < 4.78 is 5.27. The quantitative estimate of drug-likeness (QED) is 0.922. The first kappa shape index (κ1) is 16.2. The maximum atomic E-state index is 11.8. The summed E-state index contributed by atoms with van der Waals surface area (Å²) in [6, 6.07) is 6.97. The zero-order valence-electron chi connectivity index (χ0n) is 10.6. The Bertz CT molecular complexity index is 409. The van der Waals surface area contributed by atoms with Crippen LogP contribution < -0.4 is 5.32 Å². The lowest BCUT2D eigenvalue weighted by Gasteiger charge is -2.26. The molecule has 0 spiro atoms. The zero-order chi connectivity index (χ0) is 12.8. The Labute approximate surface area is 124 Å². The molecule has 6 heteroatoms. The standard InChI is InChI=1S/C13H17ClN2O2.ClH/c14-12-3-1-2-11(10-12)13(17)15-4-5-16-6-8-18-9-7-16;/h1-3,10H,4-9H2,(H,15,17);1H. The smallest absolute Gasteiger partial charge is 0.251 e. The van der Waals surface area contributed by atoms with Crippen LogP contribution in [0.4, 0.5) is 0 Å². The molecule has 1 amide bonds. The molecular formula is C13H18Cl2N2O2. The Kier molecular flexibility index (Phi) is 7.16. The number of ether oxygens (including phenoxy) is 1.